The molecule has 3 heterocycles. The van der Waals surface area contributed by atoms with Gasteiger partial charge in [-0.1, -0.05) is 42.1 Å². The zero-order valence-corrected chi connectivity index (χ0v) is 15.7. The van der Waals surface area contributed by atoms with E-state index in [0.717, 1.165) is 41.4 Å². The Morgan fingerprint density at radius 1 is 1.20 bits per heavy atom. The van der Waals surface area contributed by atoms with Gasteiger partial charge in [0.25, 0.3) is 5.91 Å². The van der Waals surface area contributed by atoms with Crippen LogP contribution in [-0.4, -0.2) is 47.6 Å². The number of amidine groups is 1. The number of likely N-dealkylation sites (N-methyl/N-ethyl adjacent to an activating group) is 1. The molecule has 0 saturated carbocycles. The molecule has 0 atom stereocenters. The average Bonchev–Trinajstić information content (AvgIpc) is 2.91. The van der Waals surface area contributed by atoms with Crippen LogP contribution in [0.1, 0.15) is 12.0 Å². The van der Waals surface area contributed by atoms with Crippen LogP contribution in [0.2, 0.25) is 0 Å². The summed E-state index contributed by atoms with van der Waals surface area (Å²) in [7, 11) is 2.10. The van der Waals surface area contributed by atoms with Gasteiger partial charge >= 0.3 is 0 Å². The van der Waals surface area contributed by atoms with E-state index in [2.05, 4.69) is 17.3 Å². The monoisotopic (exact) mass is 372 g/mol. The minimum Gasteiger partial charge on any atom is -0.372 e. The molecule has 130 valence electrons. The van der Waals surface area contributed by atoms with Crippen molar-refractivity contribution >= 4 is 34.6 Å². The molecule has 3 aliphatic heterocycles. The highest BCUT2D eigenvalue weighted by Crippen LogP contribution is 2.44. The summed E-state index contributed by atoms with van der Waals surface area (Å²) >= 11 is 3.02. The van der Waals surface area contributed by atoms with Crippen LogP contribution < -0.4 is 5.32 Å². The van der Waals surface area contributed by atoms with Gasteiger partial charge in [0.15, 0.2) is 5.17 Å². The van der Waals surface area contributed by atoms with Gasteiger partial charge in [0.05, 0.1) is 11.4 Å². The first-order valence-electron chi connectivity index (χ1n) is 8.30. The largest absolute Gasteiger partial charge is 0.372 e. The molecule has 7 heteroatoms. The molecule has 0 radical (unpaired) electrons. The lowest BCUT2D eigenvalue weighted by atomic mass is 10.2. The number of hydrogen-bond donors (Lipinski definition) is 2. The van der Waals surface area contributed by atoms with E-state index in [0.29, 0.717) is 11.7 Å². The number of nitrogens with zero attached hydrogens (tertiary/aromatic N) is 2. The molecule has 0 bridgehead atoms. The number of rotatable bonds is 2. The Morgan fingerprint density at radius 2 is 2.00 bits per heavy atom. The minimum absolute atomic E-state index is 0.0393. The molecule has 1 aromatic rings. The van der Waals surface area contributed by atoms with Gasteiger partial charge in [0, 0.05) is 48.6 Å². The number of hydrogen-bond acceptors (Lipinski definition) is 6. The fraction of sp³-hybridized carbons (Fsp3) is 0.333. The van der Waals surface area contributed by atoms with Crippen LogP contribution in [0.3, 0.4) is 0 Å². The summed E-state index contributed by atoms with van der Waals surface area (Å²) in [6, 6.07) is 9.86. The third kappa shape index (κ3) is 3.23. The van der Waals surface area contributed by atoms with Crippen molar-refractivity contribution in [1.82, 2.24) is 15.1 Å². The molecule has 1 aromatic carbocycles. The molecule has 0 aliphatic carbocycles. The number of benzene rings is 1. The van der Waals surface area contributed by atoms with Crippen LogP contribution in [0.25, 0.3) is 0 Å². The molecule has 2 N–H and O–H groups in total. The van der Waals surface area contributed by atoms with E-state index in [1.54, 1.807) is 16.7 Å². The highest BCUT2D eigenvalue weighted by Gasteiger charge is 2.37. The predicted octanol–water partition coefficient (Wildman–Crippen LogP) is 2.79. The predicted molar refractivity (Wildman–Crippen MR) is 104 cm³/mol. The molecule has 1 saturated heterocycles. The summed E-state index contributed by atoms with van der Waals surface area (Å²) < 4.78 is 0. The Morgan fingerprint density at radius 3 is 2.80 bits per heavy atom. The molecule has 25 heavy (non-hydrogen) atoms. The molecule has 3 aliphatic rings. The summed E-state index contributed by atoms with van der Waals surface area (Å²) in [6.07, 6.45) is 1.04. The van der Waals surface area contributed by atoms with Crippen LogP contribution in [-0.2, 0) is 11.3 Å². The molecular weight excluding hydrogens is 352 g/mol. The summed E-state index contributed by atoms with van der Waals surface area (Å²) in [4.78, 5) is 19.9. The Hall–Kier alpha value is -1.70. The van der Waals surface area contributed by atoms with Crippen molar-refractivity contribution in [3.8, 4) is 0 Å². The maximum Gasteiger partial charge on any atom is 0.267 e. The Kier molecular flexibility index (Phi) is 4.62. The smallest absolute Gasteiger partial charge is 0.267 e. The van der Waals surface area contributed by atoms with Gasteiger partial charge < -0.3 is 10.2 Å². The van der Waals surface area contributed by atoms with E-state index in [4.69, 9.17) is 5.41 Å². The minimum atomic E-state index is -0.0393. The van der Waals surface area contributed by atoms with Crippen LogP contribution in [0, 0.1) is 5.41 Å². The van der Waals surface area contributed by atoms with Crippen molar-refractivity contribution < 1.29 is 4.79 Å². The van der Waals surface area contributed by atoms with Gasteiger partial charge in [-0.3, -0.25) is 15.1 Å². The van der Waals surface area contributed by atoms with Crippen LogP contribution >= 0.6 is 23.5 Å². The second-order valence-corrected chi connectivity index (χ2v) is 8.48. The maximum atomic E-state index is 12.9. The van der Waals surface area contributed by atoms with Crippen LogP contribution in [0.4, 0.5) is 0 Å². The fourth-order valence-corrected chi connectivity index (χ4v) is 5.62. The average molecular weight is 373 g/mol. The van der Waals surface area contributed by atoms with E-state index in [1.807, 2.05) is 30.3 Å². The number of amides is 1. The van der Waals surface area contributed by atoms with Gasteiger partial charge in [-0.2, -0.15) is 0 Å². The Balaban J connectivity index is 1.59. The quantitative estimate of drug-likeness (QED) is 0.782. The summed E-state index contributed by atoms with van der Waals surface area (Å²) in [5.74, 6) is -0.0393. The summed E-state index contributed by atoms with van der Waals surface area (Å²) in [6.45, 7) is 3.09. The molecule has 0 spiro atoms. The molecule has 1 fully saturated rings. The highest BCUT2D eigenvalue weighted by atomic mass is 32.2. The van der Waals surface area contributed by atoms with E-state index in [-0.39, 0.29) is 5.91 Å². The first-order chi connectivity index (χ1) is 12.1. The number of carbonyl (C=O) groups excluding carboxylic acids is 1. The van der Waals surface area contributed by atoms with E-state index >= 15 is 0 Å². The number of thioether (sulfide) groups is 2. The molecule has 0 unspecified atom stereocenters. The summed E-state index contributed by atoms with van der Waals surface area (Å²) in [5.41, 5.74) is 2.43. The number of carbonyl (C=O) groups is 1. The third-order valence-electron chi connectivity index (χ3n) is 4.55. The SMILES string of the molecule is CN1C/C(=C2/SC(=N)N(Cc3ccccc3)C2=O)SC2=C1CCNC2. The van der Waals surface area contributed by atoms with E-state index < -0.39 is 0 Å². The van der Waals surface area contributed by atoms with Gasteiger partial charge in [-0.15, -0.1) is 0 Å². The lowest BCUT2D eigenvalue weighted by molar-refractivity contribution is -0.122. The zero-order valence-electron chi connectivity index (χ0n) is 14.0. The van der Waals surface area contributed by atoms with Crippen molar-refractivity contribution in [2.45, 2.75) is 13.0 Å². The topological polar surface area (TPSA) is 59.4 Å². The van der Waals surface area contributed by atoms with Gasteiger partial charge in [0.1, 0.15) is 0 Å². The van der Waals surface area contributed by atoms with E-state index in [1.165, 1.54) is 22.4 Å². The van der Waals surface area contributed by atoms with Gasteiger partial charge in [0.2, 0.25) is 0 Å². The van der Waals surface area contributed by atoms with Crippen molar-refractivity contribution in [3.63, 3.8) is 0 Å². The molecule has 1 amide bonds. The Bertz CT molecular complexity index is 788. The maximum absolute atomic E-state index is 12.9. The molecule has 0 aromatic heterocycles. The molecule has 5 nitrogen and oxygen atoms in total. The Labute approximate surface area is 156 Å². The van der Waals surface area contributed by atoms with Gasteiger partial charge in [-0.05, 0) is 17.3 Å². The van der Waals surface area contributed by atoms with Crippen molar-refractivity contribution in [2.24, 2.45) is 0 Å². The van der Waals surface area contributed by atoms with Crippen molar-refractivity contribution in [2.75, 3.05) is 26.7 Å². The van der Waals surface area contributed by atoms with E-state index in [9.17, 15) is 4.79 Å². The highest BCUT2D eigenvalue weighted by molar-refractivity contribution is 8.19. The van der Waals surface area contributed by atoms with Gasteiger partial charge in [-0.25, -0.2) is 0 Å². The lowest BCUT2D eigenvalue weighted by Gasteiger charge is -2.35. The first kappa shape index (κ1) is 16.8. The second kappa shape index (κ2) is 6.90. The third-order valence-corrected chi connectivity index (χ3v) is 6.93. The fourth-order valence-electron chi connectivity index (χ4n) is 3.25. The van der Waals surface area contributed by atoms with Crippen LogP contribution in [0.5, 0.6) is 0 Å². The van der Waals surface area contributed by atoms with Crippen molar-refractivity contribution in [3.05, 3.63) is 56.3 Å². The lowest BCUT2D eigenvalue weighted by Crippen LogP contribution is -2.35. The summed E-state index contributed by atoms with van der Waals surface area (Å²) in [5, 5.41) is 12.0. The molecular formula is C18H20N4OS2. The normalized spacial score (nSPS) is 24.2. The van der Waals surface area contributed by atoms with Crippen molar-refractivity contribution in [1.29, 1.82) is 5.41 Å². The zero-order chi connectivity index (χ0) is 17.4. The number of nitrogens with one attached hydrogen (secondary N) is 2. The second-order valence-electron chi connectivity index (χ2n) is 6.29. The molecule has 4 rings (SSSR count). The standard InChI is InChI=1S/C18H20N4OS2/c1-21-11-15(24-14-9-20-8-7-13(14)21)16-17(23)22(18(19)25-16)10-12-5-3-2-4-6-12/h2-6,19-20H,7-11H2,1H3/b16-15-,19-18?. The first-order valence-corrected chi connectivity index (χ1v) is 9.94. The van der Waals surface area contributed by atoms with Crippen LogP contribution in [0.15, 0.2) is 50.7 Å².